The first-order chi connectivity index (χ1) is 16.7. The molecule has 5 heteroatoms. The normalized spacial score (nSPS) is 23.5. The van der Waals surface area contributed by atoms with Gasteiger partial charge in [0.05, 0.1) is 0 Å². The van der Waals surface area contributed by atoms with Crippen LogP contribution in [0.2, 0.25) is 0 Å². The van der Waals surface area contributed by atoms with Crippen molar-refractivity contribution < 1.29 is 4.74 Å². The van der Waals surface area contributed by atoms with E-state index in [4.69, 9.17) is 4.74 Å². The van der Waals surface area contributed by atoms with Crippen LogP contribution in [-0.2, 0) is 4.74 Å². The topological polar surface area (TPSA) is 19.0 Å². The molecule has 3 aliphatic rings. The fourth-order valence-electron chi connectivity index (χ4n) is 7.61. The van der Waals surface area contributed by atoms with Crippen LogP contribution in [-0.4, -0.2) is 64.4 Å². The van der Waals surface area contributed by atoms with Crippen molar-refractivity contribution in [2.75, 3.05) is 69.3 Å². The minimum Gasteiger partial charge on any atom is -0.384 e. The summed E-state index contributed by atoms with van der Waals surface area (Å²) in [6.07, 6.45) is 9.05. The maximum atomic E-state index is 5.44. The molecule has 0 amide bonds. The third kappa shape index (κ3) is 7.54. The van der Waals surface area contributed by atoms with Gasteiger partial charge >= 0.3 is 0 Å². The third-order valence-corrected chi connectivity index (χ3v) is 8.93. The summed E-state index contributed by atoms with van der Waals surface area (Å²) in [5.74, 6) is 1.37. The number of hydrogen-bond donors (Lipinski definition) is 0. The Kier molecular flexibility index (Phi) is 10.5. The average molecular weight is 520 g/mol. The molecule has 3 fully saturated rings. The number of piperidine rings is 1. The van der Waals surface area contributed by atoms with Gasteiger partial charge in [-0.3, -0.25) is 4.90 Å². The lowest BCUT2D eigenvalue weighted by Crippen LogP contribution is -2.47. The number of hydrogen-bond acceptors (Lipinski definition) is 4. The van der Waals surface area contributed by atoms with E-state index in [1.54, 1.807) is 5.56 Å². The lowest BCUT2D eigenvalue weighted by molar-refractivity contribution is 0.0970. The first-order valence-electron chi connectivity index (χ1n) is 14.5. The molecule has 206 valence electrons. The van der Waals surface area contributed by atoms with E-state index in [0.29, 0.717) is 16.7 Å². The van der Waals surface area contributed by atoms with Crippen LogP contribution in [0.5, 0.6) is 0 Å². The molecule has 1 aliphatic carbocycles. The Labute approximate surface area is 228 Å². The summed E-state index contributed by atoms with van der Waals surface area (Å²) in [5.41, 5.74) is 5.40. The summed E-state index contributed by atoms with van der Waals surface area (Å²) in [6, 6.07) is 7.53. The second-order valence-corrected chi connectivity index (χ2v) is 13.4. The molecule has 0 aromatic heterocycles. The molecule has 2 aliphatic heterocycles. The van der Waals surface area contributed by atoms with Crippen molar-refractivity contribution in [1.29, 1.82) is 0 Å². The molecule has 36 heavy (non-hydrogen) atoms. The largest absolute Gasteiger partial charge is 0.384 e. The van der Waals surface area contributed by atoms with Crippen molar-refractivity contribution in [2.24, 2.45) is 16.7 Å². The van der Waals surface area contributed by atoms with Gasteiger partial charge in [-0.1, -0.05) is 41.0 Å². The molecule has 0 unspecified atom stereocenters. The number of anilines is 2. The van der Waals surface area contributed by atoms with Crippen LogP contribution < -0.4 is 9.80 Å². The van der Waals surface area contributed by atoms with E-state index in [-0.39, 0.29) is 12.4 Å². The summed E-state index contributed by atoms with van der Waals surface area (Å²) in [4.78, 5) is 8.02. The zero-order chi connectivity index (χ0) is 25.1. The highest BCUT2D eigenvalue weighted by molar-refractivity contribution is 5.85. The highest BCUT2D eigenvalue weighted by Gasteiger charge is 2.40. The molecule has 1 saturated carbocycles. The van der Waals surface area contributed by atoms with Crippen LogP contribution in [0.1, 0.15) is 91.0 Å². The van der Waals surface area contributed by atoms with Gasteiger partial charge in [0.1, 0.15) is 0 Å². The summed E-state index contributed by atoms with van der Waals surface area (Å²) in [7, 11) is 1.84. The molecule has 2 heterocycles. The number of halogens is 1. The predicted octanol–water partition coefficient (Wildman–Crippen LogP) is 7.21. The fourth-order valence-corrected chi connectivity index (χ4v) is 7.61. The first kappa shape index (κ1) is 29.6. The molecule has 1 aromatic carbocycles. The molecule has 0 atom stereocenters. The summed E-state index contributed by atoms with van der Waals surface area (Å²) in [6.45, 7) is 21.5. The van der Waals surface area contributed by atoms with Gasteiger partial charge < -0.3 is 14.5 Å². The maximum absolute atomic E-state index is 5.44. The average Bonchev–Trinajstić information content (AvgIpc) is 2.81. The molecule has 1 aromatic rings. The third-order valence-electron chi connectivity index (χ3n) is 8.93. The SMILES string of the molecule is CCCCN1CCN(c2ccc(N3CCC(COC)CC3)cc2C2CC(C)(C)CC(C)(C)C2)CC1.Cl. The zero-order valence-electron chi connectivity index (χ0n) is 24.2. The van der Waals surface area contributed by atoms with E-state index >= 15 is 0 Å². The maximum Gasteiger partial charge on any atom is 0.0491 e. The smallest absolute Gasteiger partial charge is 0.0491 e. The lowest BCUT2D eigenvalue weighted by Gasteiger charge is -2.46. The van der Waals surface area contributed by atoms with Gasteiger partial charge in [-0.2, -0.15) is 0 Å². The summed E-state index contributed by atoms with van der Waals surface area (Å²) < 4.78 is 5.44. The zero-order valence-corrected chi connectivity index (χ0v) is 25.0. The van der Waals surface area contributed by atoms with E-state index in [9.17, 15) is 0 Å². The molecule has 0 bridgehead atoms. The Morgan fingerprint density at radius 3 is 2.11 bits per heavy atom. The Morgan fingerprint density at radius 1 is 0.889 bits per heavy atom. The van der Waals surface area contributed by atoms with Crippen molar-refractivity contribution in [3.8, 4) is 0 Å². The number of ether oxygens (including phenoxy) is 1. The highest BCUT2D eigenvalue weighted by atomic mass is 35.5. The van der Waals surface area contributed by atoms with Gasteiger partial charge in [0, 0.05) is 64.4 Å². The molecule has 2 saturated heterocycles. The van der Waals surface area contributed by atoms with Crippen LogP contribution >= 0.6 is 12.4 Å². The quantitative estimate of drug-likeness (QED) is 0.361. The summed E-state index contributed by atoms with van der Waals surface area (Å²) in [5, 5.41) is 0. The molecule has 0 spiro atoms. The minimum atomic E-state index is 0. The number of methoxy groups -OCH3 is 1. The Bertz CT molecular complexity index is 794. The van der Waals surface area contributed by atoms with E-state index in [1.807, 2.05) is 7.11 Å². The fraction of sp³-hybridized carbons (Fsp3) is 0.806. The Hall–Kier alpha value is -0.970. The number of unbranched alkanes of at least 4 members (excludes halogenated alkanes) is 1. The second kappa shape index (κ2) is 12.7. The van der Waals surface area contributed by atoms with Gasteiger partial charge in [-0.15, -0.1) is 12.4 Å². The Balaban J connectivity index is 0.00000361. The van der Waals surface area contributed by atoms with E-state index in [0.717, 1.165) is 38.7 Å². The summed E-state index contributed by atoms with van der Waals surface area (Å²) >= 11 is 0. The van der Waals surface area contributed by atoms with Crippen LogP contribution in [0, 0.1) is 16.7 Å². The number of piperazine rings is 1. The van der Waals surface area contributed by atoms with Gasteiger partial charge in [0.2, 0.25) is 0 Å². The number of benzene rings is 1. The van der Waals surface area contributed by atoms with Crippen molar-refractivity contribution >= 4 is 23.8 Å². The monoisotopic (exact) mass is 519 g/mol. The van der Waals surface area contributed by atoms with Crippen LogP contribution in [0.4, 0.5) is 11.4 Å². The van der Waals surface area contributed by atoms with Crippen molar-refractivity contribution in [3.05, 3.63) is 23.8 Å². The van der Waals surface area contributed by atoms with E-state index < -0.39 is 0 Å². The van der Waals surface area contributed by atoms with Gasteiger partial charge in [-0.05, 0) is 91.5 Å². The Morgan fingerprint density at radius 2 is 1.53 bits per heavy atom. The van der Waals surface area contributed by atoms with E-state index in [1.165, 1.54) is 76.0 Å². The first-order valence-corrected chi connectivity index (χ1v) is 14.5. The minimum absolute atomic E-state index is 0. The standard InChI is InChI=1S/C31H53N3O.ClH/c1-7-8-13-32-16-18-34(19-17-32)29-10-9-27(33-14-11-25(12-15-33)23-35-6)20-28(29)26-21-30(2,3)24-31(4,5)22-26;/h9-10,20,25-26H,7-8,11-19,21-24H2,1-6H3;1H. The molecule has 0 N–H and O–H groups in total. The number of rotatable bonds is 8. The number of nitrogens with zero attached hydrogens (tertiary/aromatic N) is 3. The van der Waals surface area contributed by atoms with E-state index in [2.05, 4.69) is 67.5 Å². The molecular weight excluding hydrogens is 466 g/mol. The van der Waals surface area contributed by atoms with Crippen molar-refractivity contribution in [2.45, 2.75) is 85.5 Å². The van der Waals surface area contributed by atoms with Gasteiger partial charge in [-0.25, -0.2) is 0 Å². The highest BCUT2D eigenvalue weighted by Crippen LogP contribution is 2.53. The van der Waals surface area contributed by atoms with Gasteiger partial charge in [0.15, 0.2) is 0 Å². The molecular formula is C31H54ClN3O. The van der Waals surface area contributed by atoms with Crippen LogP contribution in [0.25, 0.3) is 0 Å². The predicted molar refractivity (Wildman–Crippen MR) is 158 cm³/mol. The van der Waals surface area contributed by atoms with Crippen LogP contribution in [0.15, 0.2) is 18.2 Å². The molecule has 4 nitrogen and oxygen atoms in total. The van der Waals surface area contributed by atoms with Crippen molar-refractivity contribution in [1.82, 2.24) is 4.90 Å². The molecule has 0 radical (unpaired) electrons. The molecule has 4 rings (SSSR count). The second-order valence-electron chi connectivity index (χ2n) is 13.4. The van der Waals surface area contributed by atoms with Crippen molar-refractivity contribution in [3.63, 3.8) is 0 Å². The lowest BCUT2D eigenvalue weighted by atomic mass is 9.60. The van der Waals surface area contributed by atoms with Gasteiger partial charge in [0.25, 0.3) is 0 Å². The van der Waals surface area contributed by atoms with Crippen LogP contribution in [0.3, 0.4) is 0 Å².